The lowest BCUT2D eigenvalue weighted by atomic mass is 10.1. The summed E-state index contributed by atoms with van der Waals surface area (Å²) >= 11 is 0. The summed E-state index contributed by atoms with van der Waals surface area (Å²) in [5, 5.41) is 7.64. The van der Waals surface area contributed by atoms with Crippen molar-refractivity contribution >= 4 is 17.8 Å². The Balaban J connectivity index is 1.54. The Bertz CT molecular complexity index is 901. The Morgan fingerprint density at radius 1 is 1.33 bits per heavy atom. The Morgan fingerprint density at radius 3 is 2.83 bits per heavy atom. The van der Waals surface area contributed by atoms with Gasteiger partial charge in [0.05, 0.1) is 11.7 Å². The summed E-state index contributed by atoms with van der Waals surface area (Å²) in [6, 6.07) is 1.57. The number of allylic oxidation sites excluding steroid dienone is 1. The topological polar surface area (TPSA) is 89.6 Å². The average Bonchev–Trinajstić information content (AvgIpc) is 3.12. The molecule has 1 aromatic rings. The summed E-state index contributed by atoms with van der Waals surface area (Å²) in [5.41, 5.74) is 0.729. The molecular formula is C19H21F3N6O2. The largest absolute Gasteiger partial charge is 0.408 e. The molecule has 0 spiro atoms. The molecule has 0 aromatic carbocycles. The van der Waals surface area contributed by atoms with E-state index in [1.807, 2.05) is 5.32 Å². The molecule has 1 aromatic heterocycles. The fourth-order valence-corrected chi connectivity index (χ4v) is 3.75. The third-order valence-electron chi connectivity index (χ3n) is 5.34. The van der Waals surface area contributed by atoms with Gasteiger partial charge in [-0.1, -0.05) is 12.1 Å². The van der Waals surface area contributed by atoms with Gasteiger partial charge in [0.1, 0.15) is 23.7 Å². The Labute approximate surface area is 170 Å². The van der Waals surface area contributed by atoms with Gasteiger partial charge in [-0.05, 0) is 31.6 Å². The normalized spacial score (nSPS) is 23.6. The maximum atomic E-state index is 13.0. The molecule has 4 heterocycles. The van der Waals surface area contributed by atoms with E-state index in [-0.39, 0.29) is 6.04 Å². The monoisotopic (exact) mass is 422 g/mol. The summed E-state index contributed by atoms with van der Waals surface area (Å²) in [4.78, 5) is 33.1. The number of carbonyl (C=O) groups is 2. The number of hydrogen-bond donors (Lipinski definition) is 3. The first-order valence-electron chi connectivity index (χ1n) is 9.56. The molecule has 1 fully saturated rings. The molecule has 2 bridgehead atoms. The highest BCUT2D eigenvalue weighted by Gasteiger charge is 2.43. The lowest BCUT2D eigenvalue weighted by molar-refractivity contribution is -0.158. The Kier molecular flexibility index (Phi) is 5.04. The van der Waals surface area contributed by atoms with Crippen LogP contribution in [0.1, 0.15) is 13.3 Å². The fraction of sp³-hybridized carbons (Fsp3) is 0.421. The summed E-state index contributed by atoms with van der Waals surface area (Å²) in [5.74, 6) is -0.0372. The van der Waals surface area contributed by atoms with Crippen molar-refractivity contribution in [1.82, 2.24) is 25.4 Å². The zero-order valence-corrected chi connectivity index (χ0v) is 16.1. The summed E-state index contributed by atoms with van der Waals surface area (Å²) in [6.45, 7) is 2.27. The van der Waals surface area contributed by atoms with Crippen LogP contribution in [0.2, 0.25) is 0 Å². The SMILES string of the molecule is C[C@H](NC(=O)C1C=CC2=C(N1)N(C(=O)Nc1ccccn1)[C@H]1CCN2C1)C(F)(F)F. The van der Waals surface area contributed by atoms with Crippen molar-refractivity contribution < 1.29 is 22.8 Å². The molecule has 1 unspecified atom stereocenters. The number of nitrogens with one attached hydrogen (secondary N) is 3. The number of nitrogens with zero attached hydrogens (tertiary/aromatic N) is 3. The number of anilines is 1. The van der Waals surface area contributed by atoms with E-state index in [0.717, 1.165) is 25.6 Å². The van der Waals surface area contributed by atoms with Crippen LogP contribution in [-0.2, 0) is 4.79 Å². The van der Waals surface area contributed by atoms with E-state index in [2.05, 4.69) is 20.5 Å². The third kappa shape index (κ3) is 3.79. The number of hydrogen-bond acceptors (Lipinski definition) is 5. The molecule has 0 aliphatic carbocycles. The van der Waals surface area contributed by atoms with Gasteiger partial charge in [0.15, 0.2) is 0 Å². The van der Waals surface area contributed by atoms with Crippen molar-refractivity contribution in [2.75, 3.05) is 18.4 Å². The molecule has 3 N–H and O–H groups in total. The number of carbonyl (C=O) groups excluding carboxylic acids is 2. The number of aromatic nitrogens is 1. The van der Waals surface area contributed by atoms with E-state index in [1.54, 1.807) is 30.5 Å². The number of rotatable bonds is 3. The molecule has 1 saturated heterocycles. The zero-order chi connectivity index (χ0) is 21.5. The molecule has 0 saturated carbocycles. The van der Waals surface area contributed by atoms with Crippen LogP contribution < -0.4 is 16.0 Å². The van der Waals surface area contributed by atoms with Crippen LogP contribution in [0.3, 0.4) is 0 Å². The number of pyridine rings is 1. The van der Waals surface area contributed by atoms with Crippen molar-refractivity contribution in [3.05, 3.63) is 48.1 Å². The van der Waals surface area contributed by atoms with Crippen LogP contribution >= 0.6 is 0 Å². The second-order valence-corrected chi connectivity index (χ2v) is 7.39. The maximum absolute atomic E-state index is 13.0. The lowest BCUT2D eigenvalue weighted by Gasteiger charge is -2.41. The highest BCUT2D eigenvalue weighted by Crippen LogP contribution is 2.33. The molecule has 8 nitrogen and oxygen atoms in total. The van der Waals surface area contributed by atoms with E-state index < -0.39 is 30.2 Å². The minimum atomic E-state index is -4.54. The summed E-state index contributed by atoms with van der Waals surface area (Å²) < 4.78 is 38.4. The Hall–Kier alpha value is -3.24. The number of dihydropyridines is 1. The highest BCUT2D eigenvalue weighted by atomic mass is 19.4. The molecule has 11 heteroatoms. The van der Waals surface area contributed by atoms with Gasteiger partial charge in [0, 0.05) is 19.3 Å². The minimum Gasteiger partial charge on any atom is -0.366 e. The predicted octanol–water partition coefficient (Wildman–Crippen LogP) is 1.77. The van der Waals surface area contributed by atoms with Crippen molar-refractivity contribution in [3.8, 4) is 0 Å². The van der Waals surface area contributed by atoms with Crippen LogP contribution in [-0.4, -0.2) is 64.1 Å². The van der Waals surface area contributed by atoms with Gasteiger partial charge in [-0.2, -0.15) is 13.2 Å². The third-order valence-corrected chi connectivity index (χ3v) is 5.34. The van der Waals surface area contributed by atoms with E-state index in [4.69, 9.17) is 0 Å². The van der Waals surface area contributed by atoms with Gasteiger partial charge in [-0.25, -0.2) is 9.78 Å². The molecule has 4 rings (SSSR count). The van der Waals surface area contributed by atoms with Crippen LogP contribution in [0.4, 0.5) is 23.8 Å². The molecule has 30 heavy (non-hydrogen) atoms. The number of urea groups is 1. The van der Waals surface area contributed by atoms with E-state index in [9.17, 15) is 22.8 Å². The smallest absolute Gasteiger partial charge is 0.366 e. The first kappa shape index (κ1) is 20.0. The van der Waals surface area contributed by atoms with Gasteiger partial charge in [-0.15, -0.1) is 0 Å². The van der Waals surface area contributed by atoms with Crippen LogP contribution in [0.15, 0.2) is 48.1 Å². The molecule has 3 aliphatic rings. The molecule has 3 amide bonds. The van der Waals surface area contributed by atoms with Crippen molar-refractivity contribution in [1.29, 1.82) is 0 Å². The van der Waals surface area contributed by atoms with Gasteiger partial charge in [0.2, 0.25) is 5.91 Å². The molecular weight excluding hydrogens is 401 g/mol. The zero-order valence-electron chi connectivity index (χ0n) is 16.1. The van der Waals surface area contributed by atoms with Gasteiger partial charge < -0.3 is 15.5 Å². The minimum absolute atomic E-state index is 0.121. The van der Waals surface area contributed by atoms with Gasteiger partial charge in [-0.3, -0.25) is 15.0 Å². The number of fused-ring (bicyclic) bond motifs is 3. The van der Waals surface area contributed by atoms with Crippen LogP contribution in [0, 0.1) is 0 Å². The quantitative estimate of drug-likeness (QED) is 0.691. The average molecular weight is 422 g/mol. The van der Waals surface area contributed by atoms with Crippen molar-refractivity contribution in [3.63, 3.8) is 0 Å². The molecule has 3 atom stereocenters. The number of amides is 3. The van der Waals surface area contributed by atoms with Crippen molar-refractivity contribution in [2.45, 2.75) is 37.6 Å². The molecule has 3 aliphatic heterocycles. The summed E-state index contributed by atoms with van der Waals surface area (Å²) in [6.07, 6.45) is 0.933. The second-order valence-electron chi connectivity index (χ2n) is 7.39. The first-order valence-corrected chi connectivity index (χ1v) is 9.56. The maximum Gasteiger partial charge on any atom is 0.408 e. The van der Waals surface area contributed by atoms with Gasteiger partial charge in [0.25, 0.3) is 0 Å². The van der Waals surface area contributed by atoms with E-state index >= 15 is 0 Å². The lowest BCUT2D eigenvalue weighted by Crippen LogP contribution is -2.57. The predicted molar refractivity (Wildman–Crippen MR) is 102 cm³/mol. The Morgan fingerprint density at radius 2 is 2.13 bits per heavy atom. The summed E-state index contributed by atoms with van der Waals surface area (Å²) in [7, 11) is 0. The first-order chi connectivity index (χ1) is 14.2. The fourth-order valence-electron chi connectivity index (χ4n) is 3.75. The molecule has 160 valence electrons. The second kappa shape index (κ2) is 7.54. The number of halogens is 3. The molecule has 0 radical (unpaired) electrons. The van der Waals surface area contributed by atoms with Crippen LogP contribution in [0.25, 0.3) is 0 Å². The van der Waals surface area contributed by atoms with E-state index in [0.29, 0.717) is 18.2 Å². The highest BCUT2D eigenvalue weighted by molar-refractivity contribution is 5.91. The van der Waals surface area contributed by atoms with E-state index in [1.165, 1.54) is 11.0 Å². The van der Waals surface area contributed by atoms with Crippen molar-refractivity contribution in [2.24, 2.45) is 0 Å². The standard InChI is InChI=1S/C19H21F3N6O2/c1-11(19(20,21)22)24-17(29)13-5-6-14-16(25-13)28(12-7-9-27(14)10-12)18(30)26-15-4-2-3-8-23-15/h2-6,8,11-13,25H,7,9-10H2,1H3,(H,24,29)(H,23,26,30)/t11-,12-,13?/m0/s1. The van der Waals surface area contributed by atoms with Crippen LogP contribution in [0.5, 0.6) is 0 Å². The van der Waals surface area contributed by atoms with Gasteiger partial charge >= 0.3 is 12.2 Å². The number of alkyl halides is 3.